The van der Waals surface area contributed by atoms with Crippen molar-refractivity contribution in [3.8, 4) is 28.4 Å². The van der Waals surface area contributed by atoms with Crippen molar-refractivity contribution in [2.24, 2.45) is 5.92 Å². The minimum Gasteiger partial charge on any atom is -0.508 e. The predicted molar refractivity (Wildman–Crippen MR) is 129 cm³/mol. The molecule has 0 saturated carbocycles. The quantitative estimate of drug-likeness (QED) is 0.400. The van der Waals surface area contributed by atoms with Gasteiger partial charge in [-0.25, -0.2) is 4.39 Å². The zero-order valence-corrected chi connectivity index (χ0v) is 19.0. The number of phenols is 1. The third kappa shape index (κ3) is 3.96. The fourth-order valence-corrected chi connectivity index (χ4v) is 4.94. The number of aromatic nitrogens is 1. The lowest BCUT2D eigenvalue weighted by atomic mass is 9.88. The van der Waals surface area contributed by atoms with Crippen molar-refractivity contribution in [1.29, 1.82) is 0 Å². The van der Waals surface area contributed by atoms with Gasteiger partial charge in [0.05, 0.1) is 12.2 Å². The summed E-state index contributed by atoms with van der Waals surface area (Å²) in [6.07, 6.45) is 1.16. The number of para-hydroxylation sites is 1. The SMILES string of the molecule is Oc1ccc2c3c(cnc2c1)-c1cccc(F)c1O[C@H]3c1ccc(OCCN2CC(CF)C2)cc1. The molecule has 0 amide bonds. The molecule has 2 aliphatic rings. The van der Waals surface area contributed by atoms with E-state index in [-0.39, 0.29) is 24.1 Å². The topological polar surface area (TPSA) is 54.8 Å². The van der Waals surface area contributed by atoms with Crippen LogP contribution in [0.3, 0.4) is 0 Å². The molecule has 35 heavy (non-hydrogen) atoms. The number of hydrogen-bond acceptors (Lipinski definition) is 5. The Morgan fingerprint density at radius 1 is 1.06 bits per heavy atom. The zero-order valence-electron chi connectivity index (χ0n) is 19.0. The van der Waals surface area contributed by atoms with Gasteiger partial charge in [-0.05, 0) is 35.9 Å². The molecule has 1 atom stereocenters. The average Bonchev–Trinajstić information content (AvgIpc) is 2.85. The van der Waals surface area contributed by atoms with Gasteiger partial charge in [0.2, 0.25) is 0 Å². The van der Waals surface area contributed by atoms with E-state index in [9.17, 15) is 13.9 Å². The molecule has 2 aliphatic heterocycles. The first kappa shape index (κ1) is 21.8. The first-order valence-corrected chi connectivity index (χ1v) is 11.7. The van der Waals surface area contributed by atoms with E-state index >= 15 is 0 Å². The van der Waals surface area contributed by atoms with E-state index in [0.717, 1.165) is 47.5 Å². The molecule has 0 bridgehead atoms. The Balaban J connectivity index is 1.30. The molecule has 0 radical (unpaired) electrons. The van der Waals surface area contributed by atoms with Crippen LogP contribution < -0.4 is 9.47 Å². The van der Waals surface area contributed by atoms with Gasteiger partial charge in [0, 0.05) is 59.9 Å². The molecule has 178 valence electrons. The van der Waals surface area contributed by atoms with E-state index in [1.165, 1.54) is 6.07 Å². The number of nitrogens with zero attached hydrogens (tertiary/aromatic N) is 2. The highest BCUT2D eigenvalue weighted by atomic mass is 19.1. The fraction of sp³-hybridized carbons (Fsp3) is 0.250. The highest BCUT2D eigenvalue weighted by molar-refractivity contribution is 5.92. The maximum Gasteiger partial charge on any atom is 0.165 e. The first-order chi connectivity index (χ1) is 17.1. The van der Waals surface area contributed by atoms with Crippen molar-refractivity contribution in [2.45, 2.75) is 6.10 Å². The summed E-state index contributed by atoms with van der Waals surface area (Å²) in [5.74, 6) is 0.794. The summed E-state index contributed by atoms with van der Waals surface area (Å²) in [7, 11) is 0. The van der Waals surface area contributed by atoms with Crippen LogP contribution in [0.4, 0.5) is 8.78 Å². The van der Waals surface area contributed by atoms with Gasteiger partial charge in [-0.15, -0.1) is 0 Å². The summed E-state index contributed by atoms with van der Waals surface area (Å²) in [5, 5.41) is 10.8. The Kier molecular flexibility index (Phi) is 5.49. The molecule has 0 unspecified atom stereocenters. The van der Waals surface area contributed by atoms with Gasteiger partial charge in [-0.1, -0.05) is 24.3 Å². The molecular formula is C28H24F2N2O3. The van der Waals surface area contributed by atoms with Crippen molar-refractivity contribution >= 4 is 10.9 Å². The molecule has 0 aliphatic carbocycles. The Hall–Kier alpha value is -3.71. The highest BCUT2D eigenvalue weighted by Crippen LogP contribution is 2.48. The number of fused-ring (bicyclic) bond motifs is 5. The number of phenolic OH excluding ortho intramolecular Hbond substituents is 1. The summed E-state index contributed by atoms with van der Waals surface area (Å²) in [4.78, 5) is 6.69. The standard InChI is InChI=1S/C28H24F2N2O3/c29-13-17-15-32(16-17)10-11-34-20-7-4-18(5-8-20)27-26-22-9-6-19(33)12-25(22)31-14-23(26)21-2-1-3-24(30)28(21)35-27/h1-9,12,14,17,27,33H,10-11,13,15-16H2/t27-/m0/s1. The van der Waals surface area contributed by atoms with E-state index in [1.54, 1.807) is 24.4 Å². The van der Waals surface area contributed by atoms with E-state index in [4.69, 9.17) is 9.47 Å². The number of hydrogen-bond donors (Lipinski definition) is 1. The largest absolute Gasteiger partial charge is 0.508 e. The van der Waals surface area contributed by atoms with Crippen LogP contribution in [0, 0.1) is 11.7 Å². The average molecular weight is 475 g/mol. The molecule has 1 fully saturated rings. The second kappa shape index (κ2) is 8.82. The van der Waals surface area contributed by atoms with Crippen LogP contribution in [0.25, 0.3) is 22.0 Å². The Labute approximate surface area is 201 Å². The number of pyridine rings is 1. The van der Waals surface area contributed by atoms with Crippen LogP contribution in [0.1, 0.15) is 17.2 Å². The Morgan fingerprint density at radius 3 is 2.69 bits per heavy atom. The van der Waals surface area contributed by atoms with Gasteiger partial charge in [0.15, 0.2) is 17.7 Å². The number of halogens is 2. The van der Waals surface area contributed by atoms with Crippen LogP contribution in [0.5, 0.6) is 17.2 Å². The van der Waals surface area contributed by atoms with E-state index in [0.29, 0.717) is 17.7 Å². The lowest BCUT2D eigenvalue weighted by Crippen LogP contribution is -2.49. The predicted octanol–water partition coefficient (Wildman–Crippen LogP) is 5.51. The third-order valence-electron chi connectivity index (χ3n) is 6.76. The second-order valence-electron chi connectivity index (χ2n) is 9.10. The second-order valence-corrected chi connectivity index (χ2v) is 9.10. The maximum absolute atomic E-state index is 14.7. The van der Waals surface area contributed by atoms with Gasteiger partial charge in [0.25, 0.3) is 0 Å². The molecule has 6 rings (SSSR count). The summed E-state index contributed by atoms with van der Waals surface area (Å²) in [6.45, 7) is 2.61. The summed E-state index contributed by atoms with van der Waals surface area (Å²) in [6, 6.07) is 17.5. The summed E-state index contributed by atoms with van der Waals surface area (Å²) < 4.78 is 39.5. The lowest BCUT2D eigenvalue weighted by molar-refractivity contribution is 0.0668. The maximum atomic E-state index is 14.7. The highest BCUT2D eigenvalue weighted by Gasteiger charge is 2.31. The number of alkyl halides is 1. The third-order valence-corrected chi connectivity index (χ3v) is 6.76. The van der Waals surface area contributed by atoms with Crippen molar-refractivity contribution in [3.05, 3.63) is 83.8 Å². The normalized spacial score (nSPS) is 17.4. The molecule has 1 saturated heterocycles. The van der Waals surface area contributed by atoms with E-state index in [2.05, 4.69) is 9.88 Å². The molecule has 3 heterocycles. The van der Waals surface area contributed by atoms with Gasteiger partial charge >= 0.3 is 0 Å². The number of ether oxygens (including phenoxy) is 2. The smallest absolute Gasteiger partial charge is 0.165 e. The van der Waals surface area contributed by atoms with Crippen molar-refractivity contribution in [3.63, 3.8) is 0 Å². The number of rotatable bonds is 6. The summed E-state index contributed by atoms with van der Waals surface area (Å²) in [5.41, 5.74) is 3.82. The minimum atomic E-state index is -0.558. The zero-order chi connectivity index (χ0) is 23.9. The van der Waals surface area contributed by atoms with Crippen LogP contribution >= 0.6 is 0 Å². The minimum absolute atomic E-state index is 0.129. The fourth-order valence-electron chi connectivity index (χ4n) is 4.94. The van der Waals surface area contributed by atoms with Crippen molar-refractivity contribution < 1.29 is 23.4 Å². The van der Waals surface area contributed by atoms with Gasteiger partial charge in [0.1, 0.15) is 18.1 Å². The van der Waals surface area contributed by atoms with E-state index in [1.807, 2.05) is 36.4 Å². The number of aromatic hydroxyl groups is 1. The van der Waals surface area contributed by atoms with Gasteiger partial charge in [-0.3, -0.25) is 14.3 Å². The molecule has 0 spiro atoms. The molecule has 1 N–H and O–H groups in total. The summed E-state index contributed by atoms with van der Waals surface area (Å²) >= 11 is 0. The van der Waals surface area contributed by atoms with Crippen LogP contribution in [0.2, 0.25) is 0 Å². The van der Waals surface area contributed by atoms with Gasteiger partial charge < -0.3 is 14.6 Å². The van der Waals surface area contributed by atoms with Crippen LogP contribution in [-0.4, -0.2) is 47.9 Å². The van der Waals surface area contributed by atoms with Crippen molar-refractivity contribution in [2.75, 3.05) is 32.9 Å². The lowest BCUT2D eigenvalue weighted by Gasteiger charge is -2.37. The molecular weight excluding hydrogens is 450 g/mol. The first-order valence-electron chi connectivity index (χ1n) is 11.7. The Bertz CT molecular complexity index is 1390. The Morgan fingerprint density at radius 2 is 1.89 bits per heavy atom. The van der Waals surface area contributed by atoms with Crippen LogP contribution in [-0.2, 0) is 0 Å². The monoisotopic (exact) mass is 474 g/mol. The molecule has 7 heteroatoms. The number of likely N-dealkylation sites (tertiary alicyclic amines) is 1. The molecule has 1 aromatic heterocycles. The van der Waals surface area contributed by atoms with Crippen LogP contribution in [0.15, 0.2) is 66.9 Å². The van der Waals surface area contributed by atoms with Crippen molar-refractivity contribution in [1.82, 2.24) is 9.88 Å². The molecule has 4 aromatic rings. The molecule has 3 aromatic carbocycles. The molecule has 5 nitrogen and oxygen atoms in total. The van der Waals surface area contributed by atoms with Gasteiger partial charge in [-0.2, -0.15) is 0 Å². The number of benzene rings is 3. The van der Waals surface area contributed by atoms with E-state index < -0.39 is 11.9 Å².